The molecule has 0 saturated heterocycles. The molecule has 0 bridgehead atoms. The second-order valence-electron chi connectivity index (χ2n) is 3.64. The van der Waals surface area contributed by atoms with Gasteiger partial charge in [0.2, 0.25) is 0 Å². The van der Waals surface area contributed by atoms with Gasteiger partial charge in [-0.05, 0) is 18.1 Å². The van der Waals surface area contributed by atoms with E-state index in [0.29, 0.717) is 12.0 Å². The van der Waals surface area contributed by atoms with Gasteiger partial charge in [-0.25, -0.2) is 4.39 Å². The molecule has 1 aliphatic rings. The number of carbonyl (C=O) groups is 2. The van der Waals surface area contributed by atoms with E-state index in [1.165, 1.54) is 12.1 Å². The standard InChI is InChI=1S/C11H9FO3/c12-8-3-1-2-6-4-7(5-9(13)14)11(15)10(6)8/h1-3,7H,4-5H2,(H,13,14). The first-order chi connectivity index (χ1) is 7.09. The summed E-state index contributed by atoms with van der Waals surface area (Å²) in [5, 5.41) is 8.59. The SMILES string of the molecule is O=C(O)CC1Cc2cccc(F)c2C1=O. The molecule has 2 rings (SSSR count). The van der Waals surface area contributed by atoms with E-state index < -0.39 is 17.7 Å². The summed E-state index contributed by atoms with van der Waals surface area (Å²) in [7, 11) is 0. The maximum atomic E-state index is 13.3. The normalized spacial score (nSPS) is 19.0. The predicted molar refractivity (Wildman–Crippen MR) is 50.2 cm³/mol. The van der Waals surface area contributed by atoms with Crippen molar-refractivity contribution >= 4 is 11.8 Å². The van der Waals surface area contributed by atoms with Crippen molar-refractivity contribution in [2.75, 3.05) is 0 Å². The minimum atomic E-state index is -1.03. The third-order valence-corrected chi connectivity index (χ3v) is 2.60. The highest BCUT2D eigenvalue weighted by Gasteiger charge is 2.33. The number of carboxylic acids is 1. The van der Waals surface area contributed by atoms with E-state index in [0.717, 1.165) is 0 Å². The van der Waals surface area contributed by atoms with Gasteiger partial charge in [-0.3, -0.25) is 9.59 Å². The minimum absolute atomic E-state index is 0.0729. The summed E-state index contributed by atoms with van der Waals surface area (Å²) in [6.07, 6.45) is 0.102. The maximum absolute atomic E-state index is 13.3. The van der Waals surface area contributed by atoms with Crippen molar-refractivity contribution in [3.63, 3.8) is 0 Å². The lowest BCUT2D eigenvalue weighted by Crippen LogP contribution is -2.14. The molecular weight excluding hydrogens is 199 g/mol. The summed E-state index contributed by atoms with van der Waals surface area (Å²) >= 11 is 0. The second kappa shape index (κ2) is 3.46. The van der Waals surface area contributed by atoms with Gasteiger partial charge in [-0.2, -0.15) is 0 Å². The average molecular weight is 208 g/mol. The van der Waals surface area contributed by atoms with Crippen LogP contribution in [0.25, 0.3) is 0 Å². The van der Waals surface area contributed by atoms with Crippen molar-refractivity contribution in [2.45, 2.75) is 12.8 Å². The summed E-state index contributed by atoms with van der Waals surface area (Å²) in [4.78, 5) is 22.1. The van der Waals surface area contributed by atoms with Crippen LogP contribution in [0.1, 0.15) is 22.3 Å². The Morgan fingerprint density at radius 3 is 2.87 bits per heavy atom. The van der Waals surface area contributed by atoms with E-state index >= 15 is 0 Å². The number of carbonyl (C=O) groups excluding carboxylic acids is 1. The Labute approximate surface area is 85.5 Å². The van der Waals surface area contributed by atoms with Crippen LogP contribution in [-0.2, 0) is 11.2 Å². The molecule has 1 aromatic rings. The summed E-state index contributed by atoms with van der Waals surface area (Å²) < 4.78 is 13.3. The van der Waals surface area contributed by atoms with Crippen LogP contribution >= 0.6 is 0 Å². The number of carboxylic acid groups (broad SMARTS) is 1. The third kappa shape index (κ3) is 1.63. The first-order valence-corrected chi connectivity index (χ1v) is 4.63. The molecule has 0 heterocycles. The van der Waals surface area contributed by atoms with E-state index in [1.807, 2.05) is 0 Å². The number of rotatable bonds is 2. The number of halogens is 1. The minimum Gasteiger partial charge on any atom is -0.481 e. The van der Waals surface area contributed by atoms with E-state index in [2.05, 4.69) is 0 Å². The van der Waals surface area contributed by atoms with Gasteiger partial charge in [-0.15, -0.1) is 0 Å². The van der Waals surface area contributed by atoms with Crippen LogP contribution in [0.15, 0.2) is 18.2 Å². The number of hydrogen-bond acceptors (Lipinski definition) is 2. The second-order valence-corrected chi connectivity index (χ2v) is 3.64. The Bertz CT molecular complexity index is 439. The summed E-state index contributed by atoms with van der Waals surface area (Å²) in [5.41, 5.74) is 0.690. The van der Waals surface area contributed by atoms with E-state index in [1.54, 1.807) is 6.07 Å². The number of benzene rings is 1. The molecule has 0 saturated carbocycles. The molecule has 0 amide bonds. The number of Topliss-reactive ketones (excluding diaryl/α,β-unsaturated/α-hetero) is 1. The van der Waals surface area contributed by atoms with Crippen LogP contribution in [0.5, 0.6) is 0 Å². The third-order valence-electron chi connectivity index (χ3n) is 2.60. The van der Waals surface area contributed by atoms with Gasteiger partial charge in [-0.1, -0.05) is 12.1 Å². The maximum Gasteiger partial charge on any atom is 0.304 e. The lowest BCUT2D eigenvalue weighted by Gasteiger charge is -2.02. The molecule has 0 aromatic heterocycles. The molecule has 1 atom stereocenters. The number of aliphatic carboxylic acids is 1. The molecule has 0 aliphatic heterocycles. The first-order valence-electron chi connectivity index (χ1n) is 4.63. The van der Waals surface area contributed by atoms with Crippen LogP contribution in [-0.4, -0.2) is 16.9 Å². The van der Waals surface area contributed by atoms with E-state index in [4.69, 9.17) is 5.11 Å². The van der Waals surface area contributed by atoms with Crippen molar-refractivity contribution in [1.82, 2.24) is 0 Å². The van der Waals surface area contributed by atoms with Crippen molar-refractivity contribution in [1.29, 1.82) is 0 Å². The summed E-state index contributed by atoms with van der Waals surface area (Å²) in [6, 6.07) is 4.42. The molecule has 4 heteroatoms. The average Bonchev–Trinajstić information content (AvgIpc) is 2.44. The zero-order valence-electron chi connectivity index (χ0n) is 7.87. The lowest BCUT2D eigenvalue weighted by molar-refractivity contribution is -0.137. The zero-order valence-corrected chi connectivity index (χ0v) is 7.87. The molecule has 1 aliphatic carbocycles. The van der Waals surface area contributed by atoms with Gasteiger partial charge in [0.1, 0.15) is 5.82 Å². The quantitative estimate of drug-likeness (QED) is 0.804. The highest BCUT2D eigenvalue weighted by atomic mass is 19.1. The van der Waals surface area contributed by atoms with E-state index in [9.17, 15) is 14.0 Å². The van der Waals surface area contributed by atoms with Gasteiger partial charge in [0, 0.05) is 5.92 Å². The van der Waals surface area contributed by atoms with Gasteiger partial charge in [0.05, 0.1) is 12.0 Å². The lowest BCUT2D eigenvalue weighted by atomic mass is 10.0. The number of fused-ring (bicyclic) bond motifs is 1. The van der Waals surface area contributed by atoms with Crippen LogP contribution in [0.3, 0.4) is 0 Å². The molecule has 15 heavy (non-hydrogen) atoms. The molecule has 1 unspecified atom stereocenters. The fourth-order valence-electron chi connectivity index (χ4n) is 1.95. The Kier molecular flexibility index (Phi) is 2.26. The van der Waals surface area contributed by atoms with Gasteiger partial charge in [0.15, 0.2) is 5.78 Å². The molecule has 0 radical (unpaired) electrons. The fraction of sp³-hybridized carbons (Fsp3) is 0.273. The first kappa shape index (κ1) is 9.83. The molecule has 1 aromatic carbocycles. The molecule has 78 valence electrons. The molecule has 0 fully saturated rings. The van der Waals surface area contributed by atoms with Crippen molar-refractivity contribution in [2.24, 2.45) is 5.92 Å². The molecule has 0 spiro atoms. The van der Waals surface area contributed by atoms with E-state index in [-0.39, 0.29) is 17.8 Å². The van der Waals surface area contributed by atoms with Crippen LogP contribution in [0.4, 0.5) is 4.39 Å². The van der Waals surface area contributed by atoms with Crippen LogP contribution in [0, 0.1) is 11.7 Å². The van der Waals surface area contributed by atoms with Crippen LogP contribution in [0.2, 0.25) is 0 Å². The molecular formula is C11H9FO3. The predicted octanol–water partition coefficient (Wildman–Crippen LogP) is 1.66. The van der Waals surface area contributed by atoms with Crippen molar-refractivity contribution in [3.05, 3.63) is 35.1 Å². The molecule has 3 nitrogen and oxygen atoms in total. The largest absolute Gasteiger partial charge is 0.481 e. The van der Waals surface area contributed by atoms with Crippen molar-refractivity contribution < 1.29 is 19.1 Å². The topological polar surface area (TPSA) is 54.4 Å². The Morgan fingerprint density at radius 2 is 2.27 bits per heavy atom. The number of hydrogen-bond donors (Lipinski definition) is 1. The Hall–Kier alpha value is -1.71. The number of ketones is 1. The molecule has 1 N–H and O–H groups in total. The Balaban J connectivity index is 2.34. The highest BCUT2D eigenvalue weighted by molar-refractivity contribution is 6.03. The van der Waals surface area contributed by atoms with Gasteiger partial charge < -0.3 is 5.11 Å². The Morgan fingerprint density at radius 1 is 1.53 bits per heavy atom. The summed E-state index contributed by atoms with van der Waals surface area (Å²) in [5.74, 6) is -2.56. The van der Waals surface area contributed by atoms with Crippen LogP contribution < -0.4 is 0 Å². The fourth-order valence-corrected chi connectivity index (χ4v) is 1.95. The highest BCUT2D eigenvalue weighted by Crippen LogP contribution is 2.30. The van der Waals surface area contributed by atoms with Crippen molar-refractivity contribution in [3.8, 4) is 0 Å². The summed E-state index contributed by atoms with van der Waals surface area (Å²) in [6.45, 7) is 0. The zero-order chi connectivity index (χ0) is 11.0. The monoisotopic (exact) mass is 208 g/mol. The van der Waals surface area contributed by atoms with Gasteiger partial charge >= 0.3 is 5.97 Å². The van der Waals surface area contributed by atoms with Gasteiger partial charge in [0.25, 0.3) is 0 Å². The smallest absolute Gasteiger partial charge is 0.304 e.